The summed E-state index contributed by atoms with van der Waals surface area (Å²) in [6.45, 7) is 0.245. The first-order valence-electron chi connectivity index (χ1n) is 6.81. The minimum Gasteiger partial charge on any atom is -0.459 e. The van der Waals surface area contributed by atoms with Crippen molar-refractivity contribution in [3.8, 4) is 0 Å². The Morgan fingerprint density at radius 1 is 1.00 bits per heavy atom. The van der Waals surface area contributed by atoms with Gasteiger partial charge in [0, 0.05) is 0 Å². The van der Waals surface area contributed by atoms with Crippen molar-refractivity contribution in [2.45, 2.75) is 18.4 Å². The first kappa shape index (κ1) is 15.3. The lowest BCUT2D eigenvalue weighted by Gasteiger charge is -2.06. The van der Waals surface area contributed by atoms with Crippen molar-refractivity contribution in [3.63, 3.8) is 0 Å². The van der Waals surface area contributed by atoms with E-state index in [1.54, 1.807) is 6.08 Å². The van der Waals surface area contributed by atoms with E-state index in [1.807, 2.05) is 66.7 Å². The highest BCUT2D eigenvalue weighted by atomic mass is 35.5. The van der Waals surface area contributed by atoms with Crippen LogP contribution in [0.3, 0.4) is 0 Å². The third-order valence-corrected chi connectivity index (χ3v) is 3.27. The maximum absolute atomic E-state index is 11.8. The molecule has 0 aliphatic heterocycles. The van der Waals surface area contributed by atoms with Gasteiger partial charge in [-0.25, -0.2) is 0 Å². The highest BCUT2D eigenvalue weighted by Gasteiger charge is 2.13. The van der Waals surface area contributed by atoms with Gasteiger partial charge in [-0.1, -0.05) is 72.8 Å². The van der Waals surface area contributed by atoms with Crippen LogP contribution >= 0.6 is 11.6 Å². The Labute approximate surface area is 130 Å². The largest absolute Gasteiger partial charge is 0.459 e. The van der Waals surface area contributed by atoms with Crippen LogP contribution in [-0.4, -0.2) is 11.3 Å². The molecule has 0 unspecified atom stereocenters. The van der Waals surface area contributed by atoms with Gasteiger partial charge >= 0.3 is 5.97 Å². The van der Waals surface area contributed by atoms with E-state index < -0.39 is 11.3 Å². The zero-order valence-electron chi connectivity index (χ0n) is 11.6. The number of alkyl halides is 1. The van der Waals surface area contributed by atoms with Crippen molar-refractivity contribution in [1.29, 1.82) is 0 Å². The Bertz CT molecular complexity index is 579. The smallest absolute Gasteiger partial charge is 0.328 e. The van der Waals surface area contributed by atoms with Crippen LogP contribution < -0.4 is 0 Å². The van der Waals surface area contributed by atoms with Crippen molar-refractivity contribution in [3.05, 3.63) is 83.9 Å². The lowest BCUT2D eigenvalue weighted by molar-refractivity contribution is -0.143. The third kappa shape index (κ3) is 5.44. The first-order chi connectivity index (χ1) is 10.3. The van der Waals surface area contributed by atoms with Gasteiger partial charge in [0.25, 0.3) is 0 Å². The van der Waals surface area contributed by atoms with Gasteiger partial charge in [0.05, 0.1) is 0 Å². The topological polar surface area (TPSA) is 26.3 Å². The number of hydrogen-bond donors (Lipinski definition) is 0. The molecule has 2 nitrogen and oxygen atoms in total. The van der Waals surface area contributed by atoms with E-state index >= 15 is 0 Å². The van der Waals surface area contributed by atoms with Gasteiger partial charge in [0.1, 0.15) is 12.0 Å². The van der Waals surface area contributed by atoms with E-state index in [9.17, 15) is 4.79 Å². The van der Waals surface area contributed by atoms with Gasteiger partial charge < -0.3 is 4.74 Å². The summed E-state index contributed by atoms with van der Waals surface area (Å²) in [4.78, 5) is 11.8. The van der Waals surface area contributed by atoms with Gasteiger partial charge in [-0.05, 0) is 17.5 Å². The van der Waals surface area contributed by atoms with Gasteiger partial charge in [0.2, 0.25) is 0 Å². The molecule has 0 aliphatic rings. The van der Waals surface area contributed by atoms with E-state index in [0.29, 0.717) is 0 Å². The molecule has 1 atom stereocenters. The average Bonchev–Trinajstić information content (AvgIpc) is 2.54. The Morgan fingerprint density at radius 3 is 2.19 bits per heavy atom. The van der Waals surface area contributed by atoms with Crippen LogP contribution in [0.25, 0.3) is 0 Å². The molecule has 2 rings (SSSR count). The molecule has 2 aromatic carbocycles. The Kier molecular flexibility index (Phi) is 6.04. The molecule has 0 spiro atoms. The molecule has 108 valence electrons. The lowest BCUT2D eigenvalue weighted by atomic mass is 10.1. The highest BCUT2D eigenvalue weighted by Crippen LogP contribution is 2.07. The predicted molar refractivity (Wildman–Crippen MR) is 85.2 cm³/mol. The van der Waals surface area contributed by atoms with Crippen molar-refractivity contribution < 1.29 is 9.53 Å². The molecule has 0 saturated carbocycles. The molecule has 0 bridgehead atoms. The normalized spacial score (nSPS) is 12.2. The van der Waals surface area contributed by atoms with Gasteiger partial charge in [-0.2, -0.15) is 0 Å². The molecule has 2 aromatic rings. The number of hydrogen-bond acceptors (Lipinski definition) is 2. The fraction of sp³-hybridized carbons (Fsp3) is 0.167. The van der Waals surface area contributed by atoms with Crippen molar-refractivity contribution >= 4 is 17.6 Å². The Hall–Kier alpha value is -2.06. The maximum atomic E-state index is 11.8. The summed E-state index contributed by atoms with van der Waals surface area (Å²) < 4.78 is 5.17. The standard InChI is InChI=1S/C18H17ClO2/c19-17(13-7-12-15-8-3-1-4-9-15)18(20)21-14-16-10-5-2-6-11-16/h1-11,13,17H,12,14H2/b13-7+/t17-/m0/s1. The van der Waals surface area contributed by atoms with Crippen molar-refractivity contribution in [2.24, 2.45) is 0 Å². The summed E-state index contributed by atoms with van der Waals surface area (Å²) in [5, 5.41) is -0.752. The number of esters is 1. The number of carbonyl (C=O) groups excluding carboxylic acids is 1. The van der Waals surface area contributed by atoms with Crippen LogP contribution in [0.1, 0.15) is 11.1 Å². The fourth-order valence-electron chi connectivity index (χ4n) is 1.82. The number of benzene rings is 2. The number of ether oxygens (including phenoxy) is 1. The van der Waals surface area contributed by atoms with Crippen LogP contribution in [0.5, 0.6) is 0 Å². The van der Waals surface area contributed by atoms with Crippen LogP contribution in [-0.2, 0) is 22.6 Å². The average molecular weight is 301 g/mol. The molecular weight excluding hydrogens is 284 g/mol. The molecule has 0 amide bonds. The zero-order chi connectivity index (χ0) is 14.9. The molecular formula is C18H17ClO2. The van der Waals surface area contributed by atoms with E-state index in [2.05, 4.69) is 0 Å². The first-order valence-corrected chi connectivity index (χ1v) is 7.24. The Morgan fingerprint density at radius 2 is 1.57 bits per heavy atom. The van der Waals surface area contributed by atoms with Gasteiger partial charge in [0.15, 0.2) is 0 Å². The summed E-state index contributed by atoms with van der Waals surface area (Å²) in [6, 6.07) is 19.5. The number of halogens is 1. The minimum absolute atomic E-state index is 0.245. The second kappa shape index (κ2) is 8.28. The molecule has 21 heavy (non-hydrogen) atoms. The SMILES string of the molecule is O=C(OCc1ccccc1)[C@@H](Cl)/C=C/Cc1ccccc1. The van der Waals surface area contributed by atoms with Crippen LogP contribution in [0, 0.1) is 0 Å². The van der Waals surface area contributed by atoms with E-state index in [4.69, 9.17) is 16.3 Å². The summed E-state index contributed by atoms with van der Waals surface area (Å²) in [6.07, 6.45) is 4.30. The minimum atomic E-state index is -0.752. The fourth-order valence-corrected chi connectivity index (χ4v) is 1.99. The number of allylic oxidation sites excluding steroid dienone is 1. The molecule has 0 N–H and O–H groups in total. The van der Waals surface area contributed by atoms with E-state index in [0.717, 1.165) is 12.0 Å². The van der Waals surface area contributed by atoms with Gasteiger partial charge in [-0.15, -0.1) is 11.6 Å². The molecule has 0 heterocycles. The second-order valence-electron chi connectivity index (χ2n) is 4.61. The lowest BCUT2D eigenvalue weighted by Crippen LogP contribution is -2.15. The monoisotopic (exact) mass is 300 g/mol. The Balaban J connectivity index is 1.77. The summed E-state index contributed by atoms with van der Waals surface area (Å²) >= 11 is 6.00. The summed E-state index contributed by atoms with van der Waals surface area (Å²) in [7, 11) is 0. The second-order valence-corrected chi connectivity index (χ2v) is 5.08. The number of rotatable bonds is 6. The summed E-state index contributed by atoms with van der Waals surface area (Å²) in [5.74, 6) is -0.426. The van der Waals surface area contributed by atoms with Gasteiger partial charge in [-0.3, -0.25) is 4.79 Å². The third-order valence-electron chi connectivity index (χ3n) is 2.95. The van der Waals surface area contributed by atoms with Crippen molar-refractivity contribution in [2.75, 3.05) is 0 Å². The quantitative estimate of drug-likeness (QED) is 0.455. The molecule has 0 saturated heterocycles. The summed E-state index contributed by atoms with van der Waals surface area (Å²) in [5.41, 5.74) is 2.12. The van der Waals surface area contributed by atoms with Crippen LogP contribution in [0.4, 0.5) is 0 Å². The van der Waals surface area contributed by atoms with Crippen LogP contribution in [0.15, 0.2) is 72.8 Å². The molecule has 0 aromatic heterocycles. The van der Waals surface area contributed by atoms with Crippen molar-refractivity contribution in [1.82, 2.24) is 0 Å². The number of carbonyl (C=O) groups is 1. The van der Waals surface area contributed by atoms with E-state index in [-0.39, 0.29) is 6.61 Å². The molecule has 0 radical (unpaired) electrons. The van der Waals surface area contributed by atoms with E-state index in [1.165, 1.54) is 5.56 Å². The zero-order valence-corrected chi connectivity index (χ0v) is 12.4. The molecule has 0 aliphatic carbocycles. The predicted octanol–water partition coefficient (Wildman–Crippen LogP) is 4.14. The molecule has 3 heteroatoms. The van der Waals surface area contributed by atoms with Crippen LogP contribution in [0.2, 0.25) is 0 Å². The molecule has 0 fully saturated rings. The maximum Gasteiger partial charge on any atom is 0.328 e. The highest BCUT2D eigenvalue weighted by molar-refractivity contribution is 6.31.